The fourth-order valence-electron chi connectivity index (χ4n) is 0.527. The summed E-state index contributed by atoms with van der Waals surface area (Å²) in [5.74, 6) is -1.73. The first-order valence-electron chi connectivity index (χ1n) is 2.76. The lowest BCUT2D eigenvalue weighted by Gasteiger charge is -2.06. The van der Waals surface area contributed by atoms with E-state index in [1.807, 2.05) is 0 Å². The van der Waals surface area contributed by atoms with E-state index in [4.69, 9.17) is 5.11 Å². The molecule has 64 valence electrons. The molecule has 0 heterocycles. The molecule has 0 aromatic rings. The third-order valence-corrected chi connectivity index (χ3v) is 0.955. The monoisotopic (exact) mass is 162 g/mol. The van der Waals surface area contributed by atoms with Gasteiger partial charge in [0.15, 0.2) is 0 Å². The van der Waals surface area contributed by atoms with Crippen molar-refractivity contribution in [1.29, 1.82) is 0 Å². The number of hydrogen-bond donors (Lipinski definition) is 1. The van der Waals surface area contributed by atoms with E-state index >= 15 is 0 Å². The first kappa shape index (κ1) is 9.61. The Kier molecular flexibility index (Phi) is 3.87. The molecule has 0 aliphatic heterocycles. The first-order chi connectivity index (χ1) is 5.17. The quantitative estimate of drug-likeness (QED) is 0.471. The van der Waals surface area contributed by atoms with Crippen LogP contribution in [0, 0.1) is 0 Å². The normalized spacial score (nSPS) is 8.27. The van der Waals surface area contributed by atoms with E-state index in [9.17, 15) is 4.79 Å². The van der Waals surface area contributed by atoms with Gasteiger partial charge in [-0.2, -0.15) is 0 Å². The summed E-state index contributed by atoms with van der Waals surface area (Å²) < 4.78 is 13.6. The maximum atomic E-state index is 10.3. The number of carbonyl (C=O) groups is 1. The van der Waals surface area contributed by atoms with Crippen LogP contribution in [0.15, 0.2) is 11.7 Å². The predicted octanol–water partition coefficient (Wildman–Crippen LogP) is 0.179. The second-order valence-corrected chi connectivity index (χ2v) is 1.53. The zero-order valence-corrected chi connectivity index (χ0v) is 6.58. The molecule has 5 nitrogen and oxygen atoms in total. The SMILES string of the molecule is COC(OC)=C(OC)C(=O)O. The van der Waals surface area contributed by atoms with Crippen molar-refractivity contribution in [2.24, 2.45) is 0 Å². The van der Waals surface area contributed by atoms with Crippen molar-refractivity contribution >= 4 is 5.97 Å². The Morgan fingerprint density at radius 2 is 1.55 bits per heavy atom. The van der Waals surface area contributed by atoms with E-state index in [2.05, 4.69) is 14.2 Å². The minimum Gasteiger partial charge on any atom is -0.485 e. The van der Waals surface area contributed by atoms with Crippen LogP contribution in [-0.4, -0.2) is 32.4 Å². The van der Waals surface area contributed by atoms with Gasteiger partial charge in [0.05, 0.1) is 21.3 Å². The van der Waals surface area contributed by atoms with Gasteiger partial charge in [0, 0.05) is 0 Å². The number of rotatable bonds is 4. The van der Waals surface area contributed by atoms with Crippen LogP contribution in [0.2, 0.25) is 0 Å². The van der Waals surface area contributed by atoms with Crippen LogP contribution in [0.25, 0.3) is 0 Å². The molecule has 0 aromatic heterocycles. The Hall–Kier alpha value is -1.39. The molecule has 5 heteroatoms. The minimum absolute atomic E-state index is 0.153. The van der Waals surface area contributed by atoms with Crippen molar-refractivity contribution < 1.29 is 24.1 Å². The van der Waals surface area contributed by atoms with Gasteiger partial charge in [0.1, 0.15) is 0 Å². The Bertz CT molecular complexity index is 166. The maximum Gasteiger partial charge on any atom is 0.378 e. The van der Waals surface area contributed by atoms with Crippen LogP contribution in [0.3, 0.4) is 0 Å². The third-order valence-electron chi connectivity index (χ3n) is 0.955. The standard InChI is InChI=1S/C6H10O5/c1-9-4(5(7)8)6(10-2)11-3/h1-3H3,(H,7,8). The van der Waals surface area contributed by atoms with Gasteiger partial charge in [-0.25, -0.2) is 4.79 Å². The Morgan fingerprint density at radius 3 is 1.64 bits per heavy atom. The Labute approximate surface area is 64.2 Å². The van der Waals surface area contributed by atoms with Crippen LogP contribution >= 0.6 is 0 Å². The number of hydrogen-bond acceptors (Lipinski definition) is 4. The lowest BCUT2D eigenvalue weighted by molar-refractivity contribution is -0.137. The fraction of sp³-hybridized carbons (Fsp3) is 0.500. The van der Waals surface area contributed by atoms with Gasteiger partial charge in [0.25, 0.3) is 5.76 Å². The molecule has 0 saturated carbocycles. The molecule has 0 aromatic carbocycles. The minimum atomic E-state index is -1.23. The Morgan fingerprint density at radius 1 is 1.09 bits per heavy atom. The molecule has 0 spiro atoms. The molecule has 0 saturated heterocycles. The van der Waals surface area contributed by atoms with Crippen LogP contribution in [-0.2, 0) is 19.0 Å². The number of carboxylic acids is 1. The highest BCUT2D eigenvalue weighted by Gasteiger charge is 2.16. The summed E-state index contributed by atoms with van der Waals surface area (Å²) in [5.41, 5.74) is 0. The van der Waals surface area contributed by atoms with Crippen molar-refractivity contribution in [1.82, 2.24) is 0 Å². The molecule has 0 bridgehead atoms. The molecule has 0 unspecified atom stereocenters. The molecule has 1 N–H and O–H groups in total. The average Bonchev–Trinajstić information content (AvgIpc) is 1.99. The van der Waals surface area contributed by atoms with Gasteiger partial charge >= 0.3 is 11.9 Å². The largest absolute Gasteiger partial charge is 0.485 e. The average molecular weight is 162 g/mol. The van der Waals surface area contributed by atoms with Crippen molar-refractivity contribution in [3.05, 3.63) is 11.7 Å². The molecule has 11 heavy (non-hydrogen) atoms. The van der Waals surface area contributed by atoms with Crippen LogP contribution in [0.5, 0.6) is 0 Å². The van der Waals surface area contributed by atoms with Crippen molar-refractivity contribution in [3.63, 3.8) is 0 Å². The number of aliphatic carboxylic acids is 1. The van der Waals surface area contributed by atoms with E-state index in [0.29, 0.717) is 0 Å². The second kappa shape index (κ2) is 4.43. The second-order valence-electron chi connectivity index (χ2n) is 1.53. The number of ether oxygens (including phenoxy) is 3. The lowest BCUT2D eigenvalue weighted by Crippen LogP contribution is -2.08. The predicted molar refractivity (Wildman–Crippen MR) is 35.7 cm³/mol. The fourth-order valence-corrected chi connectivity index (χ4v) is 0.527. The summed E-state index contributed by atoms with van der Waals surface area (Å²) in [5, 5.41) is 8.46. The third kappa shape index (κ3) is 2.37. The number of carboxylic acid groups (broad SMARTS) is 1. The van der Waals surface area contributed by atoms with E-state index < -0.39 is 5.97 Å². The van der Waals surface area contributed by atoms with Gasteiger partial charge in [0.2, 0.25) is 0 Å². The van der Waals surface area contributed by atoms with Gasteiger partial charge in [-0.1, -0.05) is 0 Å². The van der Waals surface area contributed by atoms with E-state index in [1.165, 1.54) is 21.3 Å². The van der Waals surface area contributed by atoms with Gasteiger partial charge in [-0.05, 0) is 0 Å². The molecule has 0 aliphatic rings. The summed E-state index contributed by atoms with van der Waals surface area (Å²) in [7, 11) is 3.81. The molecule has 0 rings (SSSR count). The molecule has 0 aliphatic carbocycles. The van der Waals surface area contributed by atoms with Gasteiger partial charge in [-0.3, -0.25) is 0 Å². The van der Waals surface area contributed by atoms with Crippen molar-refractivity contribution in [2.45, 2.75) is 0 Å². The lowest BCUT2D eigenvalue weighted by atomic mass is 10.5. The zero-order chi connectivity index (χ0) is 8.85. The Balaban J connectivity index is 4.62. The highest BCUT2D eigenvalue weighted by molar-refractivity contribution is 5.84. The van der Waals surface area contributed by atoms with Crippen molar-refractivity contribution in [2.75, 3.05) is 21.3 Å². The maximum absolute atomic E-state index is 10.3. The van der Waals surface area contributed by atoms with Crippen LogP contribution in [0.4, 0.5) is 0 Å². The molecular formula is C6H10O5. The van der Waals surface area contributed by atoms with Crippen molar-refractivity contribution in [3.8, 4) is 0 Å². The summed E-state index contributed by atoms with van der Waals surface area (Å²) in [4.78, 5) is 10.3. The molecule has 0 amide bonds. The van der Waals surface area contributed by atoms with E-state index in [-0.39, 0.29) is 11.7 Å². The number of methoxy groups -OCH3 is 3. The summed E-state index contributed by atoms with van der Waals surface area (Å²) in [6.07, 6.45) is 0. The summed E-state index contributed by atoms with van der Waals surface area (Å²) in [6.45, 7) is 0. The van der Waals surface area contributed by atoms with Crippen LogP contribution in [0.1, 0.15) is 0 Å². The molecule has 0 fully saturated rings. The van der Waals surface area contributed by atoms with Crippen LogP contribution < -0.4 is 0 Å². The molecule has 0 atom stereocenters. The zero-order valence-electron chi connectivity index (χ0n) is 6.58. The molecule has 0 radical (unpaired) electrons. The van der Waals surface area contributed by atoms with Gasteiger partial charge in [-0.15, -0.1) is 0 Å². The first-order valence-corrected chi connectivity index (χ1v) is 2.76. The topological polar surface area (TPSA) is 65.0 Å². The highest BCUT2D eigenvalue weighted by Crippen LogP contribution is 2.06. The summed E-state index contributed by atoms with van der Waals surface area (Å²) in [6, 6.07) is 0. The van der Waals surface area contributed by atoms with E-state index in [1.54, 1.807) is 0 Å². The summed E-state index contributed by atoms with van der Waals surface area (Å²) >= 11 is 0. The van der Waals surface area contributed by atoms with E-state index in [0.717, 1.165) is 0 Å². The molecular weight excluding hydrogens is 152 g/mol. The van der Waals surface area contributed by atoms with Gasteiger partial charge < -0.3 is 19.3 Å². The highest BCUT2D eigenvalue weighted by atomic mass is 16.7. The smallest absolute Gasteiger partial charge is 0.378 e.